The van der Waals surface area contributed by atoms with Crippen LogP contribution < -0.4 is 0 Å². The van der Waals surface area contributed by atoms with E-state index in [1.54, 1.807) is 10.5 Å². The maximum Gasteiger partial charge on any atom is 0.214 e. The first-order valence-electron chi connectivity index (χ1n) is 7.09. The maximum absolute atomic E-state index is 12.5. The highest BCUT2D eigenvalue weighted by atomic mass is 79.9. The largest absolute Gasteiger partial charge is 0.261 e. The van der Waals surface area contributed by atoms with Crippen LogP contribution in [0.25, 0.3) is 0 Å². The molecule has 2 heterocycles. The lowest BCUT2D eigenvalue weighted by atomic mass is 10.1. The van der Waals surface area contributed by atoms with Crippen LogP contribution >= 0.6 is 15.9 Å². The normalized spacial score (nSPS) is 20.4. The summed E-state index contributed by atoms with van der Waals surface area (Å²) >= 11 is 3.41. The molecule has 112 valence electrons. The molecule has 2 rings (SSSR count). The molecule has 1 aliphatic heterocycles. The molecule has 1 saturated heterocycles. The van der Waals surface area contributed by atoms with Crippen molar-refractivity contribution in [3.8, 4) is 0 Å². The summed E-state index contributed by atoms with van der Waals surface area (Å²) in [5.41, 5.74) is 0.840. The molecule has 1 unspecified atom stereocenters. The highest BCUT2D eigenvalue weighted by Gasteiger charge is 2.33. The zero-order chi connectivity index (χ0) is 14.4. The van der Waals surface area contributed by atoms with E-state index in [-0.39, 0.29) is 11.8 Å². The van der Waals surface area contributed by atoms with Crippen molar-refractivity contribution in [3.63, 3.8) is 0 Å². The Bertz CT molecular complexity index is 507. The van der Waals surface area contributed by atoms with Gasteiger partial charge in [-0.1, -0.05) is 22.0 Å². The zero-order valence-corrected chi connectivity index (χ0v) is 13.9. The van der Waals surface area contributed by atoms with E-state index in [1.807, 2.05) is 18.2 Å². The number of nitrogens with zero attached hydrogens (tertiary/aromatic N) is 2. The second-order valence-electron chi connectivity index (χ2n) is 5.13. The highest BCUT2D eigenvalue weighted by molar-refractivity contribution is 9.09. The number of hydrogen-bond acceptors (Lipinski definition) is 3. The number of alkyl halides is 1. The summed E-state index contributed by atoms with van der Waals surface area (Å²) in [6.45, 7) is 0.678. The Morgan fingerprint density at radius 3 is 2.95 bits per heavy atom. The van der Waals surface area contributed by atoms with Gasteiger partial charge in [0.05, 0.1) is 5.75 Å². The van der Waals surface area contributed by atoms with Gasteiger partial charge in [-0.3, -0.25) is 4.98 Å². The van der Waals surface area contributed by atoms with Crippen molar-refractivity contribution >= 4 is 26.0 Å². The van der Waals surface area contributed by atoms with E-state index in [9.17, 15) is 8.42 Å². The van der Waals surface area contributed by atoms with Crippen LogP contribution in [0.2, 0.25) is 0 Å². The molecular formula is C14H21BrN2O2S. The minimum atomic E-state index is -3.16. The Hall–Kier alpha value is -0.460. The van der Waals surface area contributed by atoms with Gasteiger partial charge in [0.15, 0.2) is 0 Å². The molecule has 4 nitrogen and oxygen atoms in total. The fourth-order valence-electron chi connectivity index (χ4n) is 2.67. The lowest BCUT2D eigenvalue weighted by Crippen LogP contribution is -2.37. The third-order valence-corrected chi connectivity index (χ3v) is 6.17. The topological polar surface area (TPSA) is 50.3 Å². The van der Waals surface area contributed by atoms with E-state index in [0.29, 0.717) is 13.0 Å². The molecule has 1 aromatic heterocycles. The van der Waals surface area contributed by atoms with Crippen molar-refractivity contribution in [3.05, 3.63) is 30.1 Å². The van der Waals surface area contributed by atoms with Gasteiger partial charge in [-0.05, 0) is 37.8 Å². The molecule has 0 aliphatic carbocycles. The van der Waals surface area contributed by atoms with Gasteiger partial charge >= 0.3 is 0 Å². The van der Waals surface area contributed by atoms with Crippen LogP contribution in [0.3, 0.4) is 0 Å². The first-order chi connectivity index (χ1) is 9.63. The standard InChI is InChI=1S/C14H21BrN2O2S/c15-9-3-6-14-7-4-11-17(14)20(18,19)12-8-13-5-1-2-10-16-13/h1-2,5,10,14H,3-4,6-9,11-12H2. The van der Waals surface area contributed by atoms with E-state index in [1.165, 1.54) is 0 Å². The third kappa shape index (κ3) is 4.27. The first-order valence-corrected chi connectivity index (χ1v) is 9.82. The fourth-order valence-corrected chi connectivity index (χ4v) is 4.77. The molecular weight excluding hydrogens is 340 g/mol. The molecule has 0 aromatic carbocycles. The van der Waals surface area contributed by atoms with Crippen LogP contribution in [0.5, 0.6) is 0 Å². The second-order valence-corrected chi connectivity index (χ2v) is 7.96. The molecule has 20 heavy (non-hydrogen) atoms. The molecule has 1 atom stereocenters. The van der Waals surface area contributed by atoms with Gasteiger partial charge in [-0.2, -0.15) is 4.31 Å². The van der Waals surface area contributed by atoms with Gasteiger partial charge in [0.25, 0.3) is 0 Å². The van der Waals surface area contributed by atoms with Crippen LogP contribution in [0.15, 0.2) is 24.4 Å². The zero-order valence-electron chi connectivity index (χ0n) is 11.5. The number of aromatic nitrogens is 1. The lowest BCUT2D eigenvalue weighted by molar-refractivity contribution is 0.369. The highest BCUT2D eigenvalue weighted by Crippen LogP contribution is 2.25. The van der Waals surface area contributed by atoms with Gasteiger partial charge in [0.2, 0.25) is 10.0 Å². The predicted molar refractivity (Wildman–Crippen MR) is 84.5 cm³/mol. The number of sulfonamides is 1. The molecule has 0 bridgehead atoms. The number of pyridine rings is 1. The average molecular weight is 361 g/mol. The quantitative estimate of drug-likeness (QED) is 0.702. The van der Waals surface area contributed by atoms with Gasteiger partial charge < -0.3 is 0 Å². The summed E-state index contributed by atoms with van der Waals surface area (Å²) in [5, 5.41) is 0.936. The molecule has 0 N–H and O–H groups in total. The van der Waals surface area contributed by atoms with E-state index in [0.717, 1.165) is 36.7 Å². The Kier molecular flexibility index (Phi) is 5.99. The summed E-state index contributed by atoms with van der Waals surface area (Å²) in [6.07, 6.45) is 6.15. The van der Waals surface area contributed by atoms with Gasteiger partial charge in [0.1, 0.15) is 0 Å². The van der Waals surface area contributed by atoms with Crippen molar-refractivity contribution in [1.29, 1.82) is 0 Å². The number of halogens is 1. The van der Waals surface area contributed by atoms with Crippen LogP contribution in [-0.4, -0.2) is 41.4 Å². The third-order valence-electron chi connectivity index (χ3n) is 3.69. The molecule has 6 heteroatoms. The number of rotatable bonds is 7. The second kappa shape index (κ2) is 7.52. The van der Waals surface area contributed by atoms with Crippen LogP contribution in [0.1, 0.15) is 31.4 Å². The molecule has 0 spiro atoms. The maximum atomic E-state index is 12.5. The number of aryl methyl sites for hydroxylation is 1. The molecule has 1 aliphatic rings. The average Bonchev–Trinajstić information content (AvgIpc) is 2.93. The monoisotopic (exact) mass is 360 g/mol. The smallest absolute Gasteiger partial charge is 0.214 e. The van der Waals surface area contributed by atoms with E-state index in [4.69, 9.17) is 0 Å². The van der Waals surface area contributed by atoms with Gasteiger partial charge in [-0.15, -0.1) is 0 Å². The minimum absolute atomic E-state index is 0.162. The summed E-state index contributed by atoms with van der Waals surface area (Å²) < 4.78 is 26.7. The van der Waals surface area contributed by atoms with Crippen LogP contribution in [0, 0.1) is 0 Å². The Morgan fingerprint density at radius 2 is 2.25 bits per heavy atom. The Balaban J connectivity index is 1.95. The van der Waals surface area contributed by atoms with Crippen molar-refractivity contribution in [2.45, 2.75) is 38.1 Å². The van der Waals surface area contributed by atoms with Crippen molar-refractivity contribution < 1.29 is 8.42 Å². The van der Waals surface area contributed by atoms with Crippen molar-refractivity contribution in [2.24, 2.45) is 0 Å². The van der Waals surface area contributed by atoms with E-state index >= 15 is 0 Å². The molecule has 0 saturated carbocycles. The summed E-state index contributed by atoms with van der Waals surface area (Å²) in [7, 11) is -3.16. The first kappa shape index (κ1) is 15.9. The van der Waals surface area contributed by atoms with Crippen molar-refractivity contribution in [2.75, 3.05) is 17.6 Å². The molecule has 0 amide bonds. The summed E-state index contributed by atoms with van der Waals surface area (Å²) in [6, 6.07) is 5.81. The predicted octanol–water partition coefficient (Wildman–Crippen LogP) is 2.59. The van der Waals surface area contributed by atoms with Crippen LogP contribution in [0.4, 0.5) is 0 Å². The Labute approximate surface area is 129 Å². The van der Waals surface area contributed by atoms with Crippen molar-refractivity contribution in [1.82, 2.24) is 9.29 Å². The van der Waals surface area contributed by atoms with Gasteiger partial charge in [0, 0.05) is 36.2 Å². The van der Waals surface area contributed by atoms with Gasteiger partial charge in [-0.25, -0.2) is 8.42 Å². The lowest BCUT2D eigenvalue weighted by Gasteiger charge is -2.23. The van der Waals surface area contributed by atoms with E-state index in [2.05, 4.69) is 20.9 Å². The molecule has 1 fully saturated rings. The fraction of sp³-hybridized carbons (Fsp3) is 0.643. The molecule has 0 radical (unpaired) electrons. The Morgan fingerprint density at radius 1 is 1.40 bits per heavy atom. The van der Waals surface area contributed by atoms with E-state index < -0.39 is 10.0 Å². The number of hydrogen-bond donors (Lipinski definition) is 0. The SMILES string of the molecule is O=S(=O)(CCc1ccccn1)N1CCCC1CCCBr. The summed E-state index contributed by atoms with van der Waals surface area (Å²) in [4.78, 5) is 4.19. The van der Waals surface area contributed by atoms with Crippen LogP contribution in [-0.2, 0) is 16.4 Å². The molecule has 1 aromatic rings. The minimum Gasteiger partial charge on any atom is -0.261 e. The summed E-state index contributed by atoms with van der Waals surface area (Å²) in [5.74, 6) is 0.162.